The number of ether oxygens (including phenoxy) is 1. The Morgan fingerprint density at radius 3 is 2.64 bits per heavy atom. The van der Waals surface area contributed by atoms with E-state index in [0.29, 0.717) is 17.3 Å². The van der Waals surface area contributed by atoms with E-state index in [4.69, 9.17) is 17.0 Å². The highest BCUT2D eigenvalue weighted by molar-refractivity contribution is 8.26. The smallest absolute Gasteiger partial charge is 0.327 e. The maximum Gasteiger partial charge on any atom is 0.327 e. The van der Waals surface area contributed by atoms with Crippen LogP contribution in [-0.2, 0) is 9.59 Å². The Morgan fingerprint density at radius 1 is 1.29 bits per heavy atom. The average molecular weight is 416 g/mol. The Labute approximate surface area is 173 Å². The molecule has 1 heterocycles. The zero-order chi connectivity index (χ0) is 20.4. The summed E-state index contributed by atoms with van der Waals surface area (Å²) in [6, 6.07) is 10.7. The molecule has 1 atom stereocenters. The molecule has 1 fully saturated rings. The summed E-state index contributed by atoms with van der Waals surface area (Å²) in [6.45, 7) is 5.92. The zero-order valence-electron chi connectivity index (χ0n) is 15.8. The lowest BCUT2D eigenvalue weighted by Gasteiger charge is -2.26. The fraction of sp³-hybridized carbons (Fsp3) is 0.286. The monoisotopic (exact) mass is 415 g/mol. The van der Waals surface area contributed by atoms with Crippen molar-refractivity contribution in [2.45, 2.75) is 26.8 Å². The average Bonchev–Trinajstić information content (AvgIpc) is 2.91. The van der Waals surface area contributed by atoms with E-state index >= 15 is 0 Å². The van der Waals surface area contributed by atoms with Crippen LogP contribution in [0.5, 0.6) is 5.75 Å². The molecular formula is C21H21NO4S2. The number of carboxylic acid groups (broad SMARTS) is 1. The number of thiocarbonyl (C=S) groups is 1. The molecular weight excluding hydrogens is 394 g/mol. The van der Waals surface area contributed by atoms with Gasteiger partial charge in [0.2, 0.25) is 0 Å². The number of thioether (sulfide) groups is 1. The van der Waals surface area contributed by atoms with Crippen molar-refractivity contribution in [3.63, 3.8) is 0 Å². The highest BCUT2D eigenvalue weighted by Crippen LogP contribution is 2.38. The lowest BCUT2D eigenvalue weighted by Crippen LogP contribution is -2.47. The van der Waals surface area contributed by atoms with Gasteiger partial charge in [-0.3, -0.25) is 9.69 Å². The highest BCUT2D eigenvalue weighted by Gasteiger charge is 2.42. The number of fused-ring (bicyclic) bond motifs is 1. The summed E-state index contributed by atoms with van der Waals surface area (Å²) in [5, 5.41) is 11.6. The van der Waals surface area contributed by atoms with Crippen LogP contribution in [0.1, 0.15) is 26.3 Å². The first-order valence-electron chi connectivity index (χ1n) is 8.99. The molecule has 28 heavy (non-hydrogen) atoms. The fourth-order valence-corrected chi connectivity index (χ4v) is 4.56. The van der Waals surface area contributed by atoms with Crippen LogP contribution < -0.4 is 4.74 Å². The van der Waals surface area contributed by atoms with Crippen LogP contribution in [0.25, 0.3) is 16.8 Å². The molecule has 2 aromatic rings. The number of benzene rings is 2. The van der Waals surface area contributed by atoms with Crippen LogP contribution in [0, 0.1) is 5.92 Å². The zero-order valence-corrected chi connectivity index (χ0v) is 17.5. The number of hydrogen-bond donors (Lipinski definition) is 1. The van der Waals surface area contributed by atoms with Crippen molar-refractivity contribution in [1.29, 1.82) is 0 Å². The number of rotatable bonds is 6. The van der Waals surface area contributed by atoms with Gasteiger partial charge in [0, 0.05) is 5.56 Å². The minimum Gasteiger partial charge on any atom is -0.493 e. The number of aliphatic carboxylic acids is 1. The first kappa shape index (κ1) is 20.4. The molecule has 1 aliphatic heterocycles. The standard InChI is InChI=1S/C21H21NO4S2/c1-4-26-16-10-9-13-7-5-6-8-14(13)15(16)11-17-19(23)22(21(27)28-17)18(12(2)3)20(24)25/h5-12,18H,4H2,1-3H3,(H,24,25)/b17-11-/t18-/m0/s1. The summed E-state index contributed by atoms with van der Waals surface area (Å²) < 4.78 is 6.02. The largest absolute Gasteiger partial charge is 0.493 e. The van der Waals surface area contributed by atoms with Gasteiger partial charge in [-0.05, 0) is 35.8 Å². The highest BCUT2D eigenvalue weighted by atomic mass is 32.2. The molecule has 3 rings (SSSR count). The second-order valence-electron chi connectivity index (χ2n) is 6.71. The van der Waals surface area contributed by atoms with Crippen molar-refractivity contribution < 1.29 is 19.4 Å². The van der Waals surface area contributed by atoms with Gasteiger partial charge in [0.1, 0.15) is 16.1 Å². The summed E-state index contributed by atoms with van der Waals surface area (Å²) in [6.07, 6.45) is 1.76. The van der Waals surface area contributed by atoms with E-state index in [1.165, 1.54) is 4.90 Å². The van der Waals surface area contributed by atoms with Crippen LogP contribution in [0.3, 0.4) is 0 Å². The fourth-order valence-electron chi connectivity index (χ4n) is 3.25. The third-order valence-corrected chi connectivity index (χ3v) is 5.82. The van der Waals surface area contributed by atoms with E-state index in [2.05, 4.69) is 0 Å². The van der Waals surface area contributed by atoms with Crippen molar-refractivity contribution >= 4 is 57.0 Å². The van der Waals surface area contributed by atoms with Gasteiger partial charge in [-0.1, -0.05) is 68.2 Å². The van der Waals surface area contributed by atoms with Crippen molar-refractivity contribution in [2.24, 2.45) is 5.92 Å². The number of carbonyl (C=O) groups excluding carboxylic acids is 1. The lowest BCUT2D eigenvalue weighted by atomic mass is 10.0. The predicted octanol–water partition coefficient (Wildman–Crippen LogP) is 4.55. The molecule has 0 unspecified atom stereocenters. The Kier molecular flexibility index (Phi) is 6.05. The second kappa shape index (κ2) is 8.32. The van der Waals surface area contributed by atoms with Gasteiger partial charge in [-0.25, -0.2) is 4.79 Å². The number of nitrogens with zero attached hydrogens (tertiary/aromatic N) is 1. The van der Waals surface area contributed by atoms with Gasteiger partial charge in [-0.15, -0.1) is 0 Å². The number of carbonyl (C=O) groups is 2. The van der Waals surface area contributed by atoms with Gasteiger partial charge >= 0.3 is 5.97 Å². The molecule has 0 spiro atoms. The molecule has 1 saturated heterocycles. The minimum absolute atomic E-state index is 0.260. The second-order valence-corrected chi connectivity index (χ2v) is 8.39. The first-order chi connectivity index (χ1) is 13.3. The molecule has 7 heteroatoms. The van der Waals surface area contributed by atoms with E-state index in [1.807, 2.05) is 43.3 Å². The van der Waals surface area contributed by atoms with Gasteiger partial charge in [0.15, 0.2) is 0 Å². The van der Waals surface area contributed by atoms with Gasteiger partial charge < -0.3 is 9.84 Å². The van der Waals surface area contributed by atoms with Gasteiger partial charge in [-0.2, -0.15) is 0 Å². The molecule has 0 aliphatic carbocycles. The van der Waals surface area contributed by atoms with Crippen molar-refractivity contribution in [2.75, 3.05) is 6.61 Å². The molecule has 1 N–H and O–H groups in total. The van der Waals surface area contributed by atoms with Crippen LogP contribution in [0.2, 0.25) is 0 Å². The maximum atomic E-state index is 13.0. The summed E-state index contributed by atoms with van der Waals surface area (Å²) in [5.74, 6) is -1.04. The SMILES string of the molecule is CCOc1ccc2ccccc2c1/C=C1\SC(=S)N([C@H](C(=O)O)C(C)C)C1=O. The molecule has 0 aromatic heterocycles. The van der Waals surface area contributed by atoms with Crippen LogP contribution in [-0.4, -0.2) is 38.9 Å². The Hall–Kier alpha value is -2.38. The minimum atomic E-state index is -1.06. The first-order valence-corrected chi connectivity index (χ1v) is 10.2. The van der Waals surface area contributed by atoms with Crippen molar-refractivity contribution in [3.8, 4) is 5.75 Å². The van der Waals surface area contributed by atoms with E-state index in [1.54, 1.807) is 19.9 Å². The summed E-state index contributed by atoms with van der Waals surface area (Å²) >= 11 is 6.46. The Morgan fingerprint density at radius 2 is 2.00 bits per heavy atom. The quantitative estimate of drug-likeness (QED) is 0.552. The van der Waals surface area contributed by atoms with E-state index in [-0.39, 0.29) is 16.1 Å². The van der Waals surface area contributed by atoms with E-state index in [0.717, 1.165) is 28.1 Å². The van der Waals surface area contributed by atoms with Crippen LogP contribution >= 0.6 is 24.0 Å². The summed E-state index contributed by atoms with van der Waals surface area (Å²) in [5.41, 5.74) is 0.789. The Balaban J connectivity index is 2.10. The summed E-state index contributed by atoms with van der Waals surface area (Å²) in [7, 11) is 0. The molecule has 2 aromatic carbocycles. The number of carboxylic acids is 1. The third kappa shape index (κ3) is 3.77. The molecule has 1 aliphatic rings. The van der Waals surface area contributed by atoms with E-state index in [9.17, 15) is 14.7 Å². The molecule has 0 radical (unpaired) electrons. The van der Waals surface area contributed by atoms with Crippen molar-refractivity contribution in [1.82, 2.24) is 4.90 Å². The molecule has 0 bridgehead atoms. The molecule has 0 saturated carbocycles. The predicted molar refractivity (Wildman–Crippen MR) is 116 cm³/mol. The molecule has 146 valence electrons. The lowest BCUT2D eigenvalue weighted by molar-refractivity contribution is -0.146. The topological polar surface area (TPSA) is 66.8 Å². The summed E-state index contributed by atoms with van der Waals surface area (Å²) in [4.78, 5) is 26.3. The van der Waals surface area contributed by atoms with Gasteiger partial charge in [0.05, 0.1) is 11.5 Å². The molecule has 5 nitrogen and oxygen atoms in total. The van der Waals surface area contributed by atoms with Crippen molar-refractivity contribution in [3.05, 3.63) is 46.9 Å². The normalized spacial score (nSPS) is 17.0. The maximum absolute atomic E-state index is 13.0. The molecule has 1 amide bonds. The number of hydrogen-bond acceptors (Lipinski definition) is 5. The van der Waals surface area contributed by atoms with E-state index < -0.39 is 12.0 Å². The third-order valence-electron chi connectivity index (χ3n) is 4.49. The van der Waals surface area contributed by atoms with Crippen LogP contribution in [0.15, 0.2) is 41.3 Å². The number of amides is 1. The van der Waals surface area contributed by atoms with Crippen LogP contribution in [0.4, 0.5) is 0 Å². The van der Waals surface area contributed by atoms with Gasteiger partial charge in [0.25, 0.3) is 5.91 Å². The Bertz CT molecular complexity index is 984.